The van der Waals surface area contributed by atoms with Gasteiger partial charge in [-0.15, -0.1) is 24.0 Å². The van der Waals surface area contributed by atoms with Crippen LogP contribution in [0.15, 0.2) is 29.3 Å². The molecule has 0 amide bonds. The summed E-state index contributed by atoms with van der Waals surface area (Å²) in [7, 11) is 4.05. The fraction of sp³-hybridized carbons (Fsp3) is 0.600. The van der Waals surface area contributed by atoms with Crippen molar-refractivity contribution in [2.24, 2.45) is 10.9 Å². The first-order valence-corrected chi connectivity index (χ1v) is 9.72. The quantitative estimate of drug-likeness (QED) is 0.287. The number of rotatable bonds is 6. The van der Waals surface area contributed by atoms with Gasteiger partial charge in [0.1, 0.15) is 5.82 Å². The van der Waals surface area contributed by atoms with Gasteiger partial charge in [-0.05, 0) is 64.4 Å². The van der Waals surface area contributed by atoms with Crippen molar-refractivity contribution in [2.75, 3.05) is 40.3 Å². The van der Waals surface area contributed by atoms with Gasteiger partial charge >= 0.3 is 0 Å². The van der Waals surface area contributed by atoms with Crippen LogP contribution in [0.1, 0.15) is 25.1 Å². The molecule has 1 fully saturated rings. The average Bonchev–Trinajstić information content (AvgIpc) is 2.98. The third-order valence-corrected chi connectivity index (χ3v) is 5.32. The van der Waals surface area contributed by atoms with Crippen molar-refractivity contribution in [1.82, 2.24) is 25.1 Å². The Kier molecular flexibility index (Phi) is 8.82. The molecular formula is C20H33IN6. The molecule has 27 heavy (non-hydrogen) atoms. The van der Waals surface area contributed by atoms with Crippen LogP contribution in [0.5, 0.6) is 0 Å². The summed E-state index contributed by atoms with van der Waals surface area (Å²) < 4.78 is 2.30. The molecule has 2 heterocycles. The van der Waals surface area contributed by atoms with Gasteiger partial charge in [0.15, 0.2) is 5.96 Å². The molecule has 150 valence electrons. The Labute approximate surface area is 179 Å². The zero-order valence-electron chi connectivity index (χ0n) is 16.7. The van der Waals surface area contributed by atoms with Gasteiger partial charge in [-0.2, -0.15) is 0 Å². The Balaban J connectivity index is 0.00000261. The van der Waals surface area contributed by atoms with Crippen LogP contribution in [0, 0.1) is 12.8 Å². The van der Waals surface area contributed by atoms with Gasteiger partial charge in [0.2, 0.25) is 0 Å². The molecule has 3 rings (SSSR count). The van der Waals surface area contributed by atoms with Crippen LogP contribution in [0.3, 0.4) is 0 Å². The van der Waals surface area contributed by atoms with E-state index in [2.05, 4.69) is 62.2 Å². The first-order valence-electron chi connectivity index (χ1n) is 9.72. The van der Waals surface area contributed by atoms with Crippen molar-refractivity contribution in [3.05, 3.63) is 30.1 Å². The topological polar surface area (TPSA) is 57.5 Å². The molecule has 0 radical (unpaired) electrons. The maximum Gasteiger partial charge on any atom is 0.190 e. The molecule has 6 nitrogen and oxygen atoms in total. The van der Waals surface area contributed by atoms with Crippen molar-refractivity contribution in [3.63, 3.8) is 0 Å². The number of hydrogen-bond acceptors (Lipinski definition) is 3. The number of nitrogens with one attached hydrogen (secondary N) is 2. The van der Waals surface area contributed by atoms with Crippen molar-refractivity contribution in [2.45, 2.75) is 32.7 Å². The van der Waals surface area contributed by atoms with Crippen molar-refractivity contribution in [1.29, 1.82) is 0 Å². The molecule has 1 aromatic carbocycles. The van der Waals surface area contributed by atoms with Crippen molar-refractivity contribution < 1.29 is 0 Å². The molecule has 2 N–H and O–H groups in total. The van der Waals surface area contributed by atoms with Gasteiger partial charge in [-0.25, -0.2) is 4.98 Å². The number of aryl methyl sites for hydroxylation is 2. The summed E-state index contributed by atoms with van der Waals surface area (Å²) in [6.07, 6.45) is 3.58. The van der Waals surface area contributed by atoms with Crippen LogP contribution in [-0.2, 0) is 6.54 Å². The van der Waals surface area contributed by atoms with Crippen LogP contribution in [0.2, 0.25) is 0 Å². The zero-order chi connectivity index (χ0) is 18.4. The first kappa shape index (κ1) is 21.9. The highest BCUT2D eigenvalue weighted by molar-refractivity contribution is 14.0. The second kappa shape index (κ2) is 10.8. The maximum atomic E-state index is 4.63. The number of likely N-dealkylation sites (tertiary alicyclic amines) is 1. The van der Waals surface area contributed by atoms with E-state index in [4.69, 9.17) is 0 Å². The van der Waals surface area contributed by atoms with E-state index in [0.29, 0.717) is 0 Å². The Morgan fingerprint density at radius 1 is 1.22 bits per heavy atom. The minimum absolute atomic E-state index is 0. The standard InChI is InChI=1S/C20H32N6.HI/c1-16-24-18-7-4-5-8-19(18)26(16)12-6-11-22-20(21-2)23-15-17-9-13-25(3)14-10-17;/h4-5,7-8,17H,6,9-15H2,1-3H3,(H2,21,22,23);1H. The van der Waals surface area contributed by atoms with Gasteiger partial charge in [-0.1, -0.05) is 12.1 Å². The number of benzene rings is 1. The number of nitrogens with zero attached hydrogens (tertiary/aromatic N) is 4. The van der Waals surface area contributed by atoms with Gasteiger partial charge < -0.3 is 20.1 Å². The molecule has 0 unspecified atom stereocenters. The predicted molar refractivity (Wildman–Crippen MR) is 124 cm³/mol. The lowest BCUT2D eigenvalue weighted by atomic mass is 9.97. The summed E-state index contributed by atoms with van der Waals surface area (Å²) in [5.41, 5.74) is 2.29. The van der Waals surface area contributed by atoms with Gasteiger partial charge in [0.25, 0.3) is 0 Å². The van der Waals surface area contributed by atoms with Crippen LogP contribution >= 0.6 is 24.0 Å². The molecular weight excluding hydrogens is 451 g/mol. The van der Waals surface area contributed by atoms with Gasteiger partial charge in [-0.3, -0.25) is 4.99 Å². The molecule has 0 bridgehead atoms. The Bertz CT molecular complexity index is 733. The Morgan fingerprint density at radius 2 is 1.96 bits per heavy atom. The monoisotopic (exact) mass is 484 g/mol. The number of halogens is 1. The Morgan fingerprint density at radius 3 is 2.70 bits per heavy atom. The molecule has 1 aromatic heterocycles. The van der Waals surface area contributed by atoms with E-state index in [1.165, 1.54) is 31.4 Å². The van der Waals surface area contributed by atoms with Crippen LogP contribution in [-0.4, -0.2) is 60.7 Å². The van der Waals surface area contributed by atoms with Gasteiger partial charge in [0, 0.05) is 26.7 Å². The largest absolute Gasteiger partial charge is 0.356 e. The van der Waals surface area contributed by atoms with E-state index in [1.807, 2.05) is 13.1 Å². The summed E-state index contributed by atoms with van der Waals surface area (Å²) >= 11 is 0. The van der Waals surface area contributed by atoms with Crippen LogP contribution < -0.4 is 10.6 Å². The number of para-hydroxylation sites is 2. The van der Waals surface area contributed by atoms with Crippen molar-refractivity contribution in [3.8, 4) is 0 Å². The maximum absolute atomic E-state index is 4.63. The fourth-order valence-corrected chi connectivity index (χ4v) is 3.65. The summed E-state index contributed by atoms with van der Waals surface area (Å²) in [6.45, 7) is 7.37. The number of fused-ring (bicyclic) bond motifs is 1. The number of piperidine rings is 1. The summed E-state index contributed by atoms with van der Waals surface area (Å²) in [6, 6.07) is 8.34. The minimum atomic E-state index is 0. The first-order chi connectivity index (χ1) is 12.7. The molecule has 0 aliphatic carbocycles. The lowest BCUT2D eigenvalue weighted by Gasteiger charge is -2.29. The highest BCUT2D eigenvalue weighted by Crippen LogP contribution is 2.16. The number of guanidine groups is 1. The molecule has 0 spiro atoms. The third-order valence-electron chi connectivity index (χ3n) is 5.32. The lowest BCUT2D eigenvalue weighted by Crippen LogP contribution is -2.42. The van der Waals surface area contributed by atoms with Crippen molar-refractivity contribution >= 4 is 41.0 Å². The average molecular weight is 484 g/mol. The molecule has 1 aliphatic heterocycles. The number of aromatic nitrogens is 2. The highest BCUT2D eigenvalue weighted by atomic mass is 127. The minimum Gasteiger partial charge on any atom is -0.356 e. The molecule has 7 heteroatoms. The smallest absolute Gasteiger partial charge is 0.190 e. The van der Waals surface area contributed by atoms with E-state index >= 15 is 0 Å². The summed E-state index contributed by atoms with van der Waals surface area (Å²) in [4.78, 5) is 11.4. The second-order valence-corrected chi connectivity index (χ2v) is 7.28. The summed E-state index contributed by atoms with van der Waals surface area (Å²) in [5, 5.41) is 6.93. The van der Waals surface area contributed by atoms with Gasteiger partial charge in [0.05, 0.1) is 11.0 Å². The van der Waals surface area contributed by atoms with E-state index in [1.54, 1.807) is 0 Å². The van der Waals surface area contributed by atoms with E-state index in [9.17, 15) is 0 Å². The lowest BCUT2D eigenvalue weighted by molar-refractivity contribution is 0.220. The van der Waals surface area contributed by atoms with E-state index in [0.717, 1.165) is 49.3 Å². The molecule has 1 aliphatic rings. The summed E-state index contributed by atoms with van der Waals surface area (Å²) in [5.74, 6) is 2.75. The normalized spacial score (nSPS) is 16.3. The van der Waals surface area contributed by atoms with E-state index < -0.39 is 0 Å². The number of imidazole rings is 1. The third kappa shape index (κ3) is 6.07. The fourth-order valence-electron chi connectivity index (χ4n) is 3.65. The highest BCUT2D eigenvalue weighted by Gasteiger charge is 2.16. The SMILES string of the molecule is CN=C(NCCCn1c(C)nc2ccccc21)NCC1CCN(C)CC1.I. The zero-order valence-corrected chi connectivity index (χ0v) is 19.1. The molecule has 0 saturated carbocycles. The molecule has 2 aromatic rings. The number of aliphatic imine (C=N–C) groups is 1. The second-order valence-electron chi connectivity index (χ2n) is 7.28. The van der Waals surface area contributed by atoms with Crippen LogP contribution in [0.4, 0.5) is 0 Å². The van der Waals surface area contributed by atoms with E-state index in [-0.39, 0.29) is 24.0 Å². The predicted octanol–water partition coefficient (Wildman–Crippen LogP) is 2.86. The van der Waals surface area contributed by atoms with Crippen LogP contribution in [0.25, 0.3) is 11.0 Å². The Hall–Kier alpha value is -1.35. The molecule has 1 saturated heterocycles. The molecule has 0 atom stereocenters. The number of hydrogen-bond donors (Lipinski definition) is 2.